The average molecular weight is 271 g/mol. The minimum Gasteiger partial charge on any atom is -0.348 e. The average Bonchev–Trinajstić information content (AvgIpc) is 2.84. The van der Waals surface area contributed by atoms with Gasteiger partial charge in [0.05, 0.1) is 30.5 Å². The second-order valence-corrected chi connectivity index (χ2v) is 4.37. The van der Waals surface area contributed by atoms with Crippen LogP contribution in [-0.4, -0.2) is 44.0 Å². The molecule has 0 spiro atoms. The molecule has 1 heterocycles. The number of carbonyl (C=O) groups is 1. The SMILES string of the molecule is CN(CC1OCCO1)C(=O)Nc1ccccc1Cl. The fourth-order valence-corrected chi connectivity index (χ4v) is 1.78. The maximum atomic E-state index is 11.9. The third kappa shape index (κ3) is 3.35. The monoisotopic (exact) mass is 270 g/mol. The molecule has 1 saturated heterocycles. The Morgan fingerprint density at radius 1 is 1.44 bits per heavy atom. The smallest absolute Gasteiger partial charge is 0.321 e. The van der Waals surface area contributed by atoms with Crippen molar-refractivity contribution in [2.45, 2.75) is 6.29 Å². The van der Waals surface area contributed by atoms with Gasteiger partial charge < -0.3 is 19.7 Å². The first-order valence-electron chi connectivity index (χ1n) is 5.66. The first-order valence-corrected chi connectivity index (χ1v) is 6.04. The highest BCUT2D eigenvalue weighted by Gasteiger charge is 2.20. The van der Waals surface area contributed by atoms with Gasteiger partial charge in [-0.25, -0.2) is 4.79 Å². The van der Waals surface area contributed by atoms with Gasteiger partial charge in [0.15, 0.2) is 6.29 Å². The summed E-state index contributed by atoms with van der Waals surface area (Å²) in [5, 5.41) is 3.23. The molecule has 0 saturated carbocycles. The van der Waals surface area contributed by atoms with Crippen molar-refractivity contribution in [3.8, 4) is 0 Å². The van der Waals surface area contributed by atoms with Gasteiger partial charge in [0.25, 0.3) is 0 Å². The Morgan fingerprint density at radius 3 is 2.78 bits per heavy atom. The number of urea groups is 1. The molecule has 6 heteroatoms. The molecule has 2 amide bonds. The van der Waals surface area contributed by atoms with E-state index in [2.05, 4.69) is 5.32 Å². The molecule has 0 aromatic heterocycles. The van der Waals surface area contributed by atoms with Gasteiger partial charge in [-0.15, -0.1) is 0 Å². The van der Waals surface area contributed by atoms with Crippen LogP contribution in [0.25, 0.3) is 0 Å². The molecule has 1 fully saturated rings. The molecule has 1 N–H and O–H groups in total. The normalized spacial score (nSPS) is 15.7. The number of amides is 2. The molecule has 0 radical (unpaired) electrons. The molecule has 18 heavy (non-hydrogen) atoms. The van der Waals surface area contributed by atoms with Crippen molar-refractivity contribution >= 4 is 23.3 Å². The number of nitrogens with one attached hydrogen (secondary N) is 1. The third-order valence-electron chi connectivity index (χ3n) is 2.58. The van der Waals surface area contributed by atoms with Gasteiger partial charge >= 0.3 is 6.03 Å². The van der Waals surface area contributed by atoms with E-state index in [-0.39, 0.29) is 12.3 Å². The van der Waals surface area contributed by atoms with Gasteiger partial charge in [-0.2, -0.15) is 0 Å². The number of nitrogens with zero attached hydrogens (tertiary/aromatic N) is 1. The standard InChI is InChI=1S/C12H15ClN2O3/c1-15(8-11-17-6-7-18-11)12(16)14-10-5-3-2-4-9(10)13/h2-5,11H,6-8H2,1H3,(H,14,16). The van der Waals surface area contributed by atoms with Crippen molar-refractivity contribution in [3.63, 3.8) is 0 Å². The molecular formula is C12H15ClN2O3. The Morgan fingerprint density at radius 2 is 2.11 bits per heavy atom. The lowest BCUT2D eigenvalue weighted by Gasteiger charge is -2.21. The minimum atomic E-state index is -0.341. The van der Waals surface area contributed by atoms with Crippen molar-refractivity contribution in [2.24, 2.45) is 0 Å². The number of ether oxygens (including phenoxy) is 2. The number of likely N-dealkylation sites (N-methyl/N-ethyl adjacent to an activating group) is 1. The maximum absolute atomic E-state index is 11.9. The number of carbonyl (C=O) groups excluding carboxylic acids is 1. The van der Waals surface area contributed by atoms with E-state index in [1.54, 1.807) is 19.2 Å². The Balaban J connectivity index is 1.89. The van der Waals surface area contributed by atoms with Crippen molar-refractivity contribution < 1.29 is 14.3 Å². The second kappa shape index (κ2) is 6.04. The van der Waals surface area contributed by atoms with Crippen LogP contribution in [0.1, 0.15) is 0 Å². The number of anilines is 1. The highest BCUT2D eigenvalue weighted by atomic mass is 35.5. The van der Waals surface area contributed by atoms with Crippen LogP contribution in [-0.2, 0) is 9.47 Å². The van der Waals surface area contributed by atoms with Crippen LogP contribution in [0.2, 0.25) is 5.02 Å². The summed E-state index contributed by atoms with van der Waals surface area (Å²) in [5.41, 5.74) is 0.587. The summed E-state index contributed by atoms with van der Waals surface area (Å²) >= 11 is 5.96. The van der Waals surface area contributed by atoms with Crippen LogP contribution in [0.4, 0.5) is 10.5 Å². The lowest BCUT2D eigenvalue weighted by Crippen LogP contribution is -2.37. The summed E-state index contributed by atoms with van der Waals surface area (Å²) in [6.45, 7) is 1.53. The van der Waals surface area contributed by atoms with Crippen LogP contribution < -0.4 is 5.32 Å². The van der Waals surface area contributed by atoms with Gasteiger partial charge in [0.1, 0.15) is 0 Å². The molecule has 0 atom stereocenters. The molecule has 2 rings (SSSR count). The molecule has 1 aromatic carbocycles. The van der Waals surface area contributed by atoms with Crippen LogP contribution in [0.5, 0.6) is 0 Å². The Hall–Kier alpha value is -1.30. The van der Waals surface area contributed by atoms with Crippen LogP contribution in [0, 0.1) is 0 Å². The summed E-state index contributed by atoms with van der Waals surface area (Å²) in [6.07, 6.45) is -0.341. The molecule has 1 aromatic rings. The largest absolute Gasteiger partial charge is 0.348 e. The van der Waals surface area contributed by atoms with Gasteiger partial charge in [-0.05, 0) is 12.1 Å². The highest BCUT2D eigenvalue weighted by Crippen LogP contribution is 2.20. The summed E-state index contributed by atoms with van der Waals surface area (Å²) in [6, 6.07) is 6.84. The molecular weight excluding hydrogens is 256 g/mol. The predicted molar refractivity (Wildman–Crippen MR) is 68.8 cm³/mol. The lowest BCUT2D eigenvalue weighted by molar-refractivity contribution is -0.0518. The number of para-hydroxylation sites is 1. The van der Waals surface area contributed by atoms with E-state index in [0.29, 0.717) is 30.5 Å². The lowest BCUT2D eigenvalue weighted by atomic mass is 10.3. The van der Waals surface area contributed by atoms with Crippen molar-refractivity contribution in [3.05, 3.63) is 29.3 Å². The van der Waals surface area contributed by atoms with E-state index in [4.69, 9.17) is 21.1 Å². The molecule has 5 nitrogen and oxygen atoms in total. The topological polar surface area (TPSA) is 50.8 Å². The second-order valence-electron chi connectivity index (χ2n) is 3.96. The zero-order valence-electron chi connectivity index (χ0n) is 10.1. The number of rotatable bonds is 3. The summed E-state index contributed by atoms with van der Waals surface area (Å²) in [4.78, 5) is 13.4. The quantitative estimate of drug-likeness (QED) is 0.916. The van der Waals surface area contributed by atoms with E-state index in [9.17, 15) is 4.79 Å². The van der Waals surface area contributed by atoms with Crippen molar-refractivity contribution in [2.75, 3.05) is 32.1 Å². The van der Waals surface area contributed by atoms with Crippen molar-refractivity contribution in [1.29, 1.82) is 0 Å². The predicted octanol–water partition coefficient (Wildman–Crippen LogP) is 2.18. The first kappa shape index (κ1) is 13.1. The Bertz CT molecular complexity index is 422. The van der Waals surface area contributed by atoms with E-state index in [1.807, 2.05) is 12.1 Å². The molecule has 1 aliphatic rings. The fourth-order valence-electron chi connectivity index (χ4n) is 1.59. The van der Waals surface area contributed by atoms with Gasteiger partial charge in [0, 0.05) is 7.05 Å². The van der Waals surface area contributed by atoms with Gasteiger partial charge in [-0.3, -0.25) is 0 Å². The van der Waals surface area contributed by atoms with E-state index >= 15 is 0 Å². The van der Waals surface area contributed by atoms with Crippen LogP contribution in [0.15, 0.2) is 24.3 Å². The molecule has 0 unspecified atom stereocenters. The van der Waals surface area contributed by atoms with Crippen LogP contribution >= 0.6 is 11.6 Å². The minimum absolute atomic E-state index is 0.248. The number of benzene rings is 1. The number of hydrogen-bond acceptors (Lipinski definition) is 3. The third-order valence-corrected chi connectivity index (χ3v) is 2.91. The van der Waals surface area contributed by atoms with E-state index in [0.717, 1.165) is 0 Å². The van der Waals surface area contributed by atoms with Gasteiger partial charge in [-0.1, -0.05) is 23.7 Å². The zero-order valence-corrected chi connectivity index (χ0v) is 10.8. The number of halogens is 1. The van der Waals surface area contributed by atoms with Crippen molar-refractivity contribution in [1.82, 2.24) is 4.90 Å². The maximum Gasteiger partial charge on any atom is 0.321 e. The highest BCUT2D eigenvalue weighted by molar-refractivity contribution is 6.33. The number of hydrogen-bond donors (Lipinski definition) is 1. The summed E-state index contributed by atoms with van der Waals surface area (Å²) < 4.78 is 10.6. The van der Waals surface area contributed by atoms with Gasteiger partial charge in [0.2, 0.25) is 0 Å². The van der Waals surface area contributed by atoms with E-state index in [1.165, 1.54) is 4.90 Å². The summed E-state index contributed by atoms with van der Waals surface area (Å²) in [5.74, 6) is 0. The molecule has 1 aliphatic heterocycles. The van der Waals surface area contributed by atoms with Crippen LogP contribution in [0.3, 0.4) is 0 Å². The fraction of sp³-hybridized carbons (Fsp3) is 0.417. The molecule has 98 valence electrons. The molecule has 0 bridgehead atoms. The zero-order chi connectivity index (χ0) is 13.0. The Labute approximate surface area is 111 Å². The van der Waals surface area contributed by atoms with E-state index < -0.39 is 0 Å². The Kier molecular flexibility index (Phi) is 4.41. The first-order chi connectivity index (χ1) is 8.66. The summed E-state index contributed by atoms with van der Waals surface area (Å²) in [7, 11) is 1.68. The molecule has 0 aliphatic carbocycles.